The monoisotopic (exact) mass is 269 g/mol. The van der Waals surface area contributed by atoms with Crippen LogP contribution >= 0.6 is 12.4 Å². The molecule has 102 valence electrons. The summed E-state index contributed by atoms with van der Waals surface area (Å²) in [7, 11) is 1.31. The Kier molecular flexibility index (Phi) is 8.79. The lowest BCUT2D eigenvalue weighted by molar-refractivity contribution is -0.148. The summed E-state index contributed by atoms with van der Waals surface area (Å²) in [6, 6.07) is 0. The zero-order chi connectivity index (χ0) is 12.8. The van der Waals surface area contributed by atoms with Crippen LogP contribution in [0.5, 0.6) is 0 Å². The number of halogens is 1. The fourth-order valence-corrected chi connectivity index (χ4v) is 0.962. The molecule has 0 aromatic rings. The highest BCUT2D eigenvalue weighted by atomic mass is 35.5. The van der Waals surface area contributed by atoms with E-state index in [4.69, 9.17) is 14.6 Å². The van der Waals surface area contributed by atoms with Crippen LogP contribution < -0.4 is 5.32 Å². The summed E-state index contributed by atoms with van der Waals surface area (Å²) in [5.74, 6) is -1.05. The molecule has 2 N–H and O–H groups in total. The van der Waals surface area contributed by atoms with E-state index in [1.54, 1.807) is 20.8 Å². The predicted octanol–water partition coefficient (Wildman–Crippen LogP) is 1.42. The Labute approximate surface area is 107 Å². The minimum atomic E-state index is -1.05. The quantitative estimate of drug-likeness (QED) is 0.788. The average Bonchev–Trinajstić information content (AvgIpc) is 2.08. The molecule has 1 amide bonds. The number of hydrogen-bond donors (Lipinski definition) is 2. The van der Waals surface area contributed by atoms with Crippen molar-refractivity contribution in [2.24, 2.45) is 0 Å². The molecule has 0 spiro atoms. The third-order valence-corrected chi connectivity index (χ3v) is 1.63. The Morgan fingerprint density at radius 3 is 2.24 bits per heavy atom. The zero-order valence-electron chi connectivity index (χ0n) is 10.5. The lowest BCUT2D eigenvalue weighted by Crippen LogP contribution is -2.35. The van der Waals surface area contributed by atoms with Crippen LogP contribution in [-0.4, -0.2) is 42.5 Å². The molecule has 0 rings (SSSR count). The number of alkyl carbamates (subject to hydrolysis) is 1. The van der Waals surface area contributed by atoms with E-state index in [0.717, 1.165) is 0 Å². The van der Waals surface area contributed by atoms with Crippen LogP contribution in [0.15, 0.2) is 0 Å². The Morgan fingerprint density at radius 2 is 1.88 bits per heavy atom. The van der Waals surface area contributed by atoms with E-state index in [0.29, 0.717) is 0 Å². The number of carbonyl (C=O) groups is 2. The molecule has 0 heterocycles. The first-order chi connectivity index (χ1) is 7.26. The summed E-state index contributed by atoms with van der Waals surface area (Å²) in [6.45, 7) is 5.45. The summed E-state index contributed by atoms with van der Waals surface area (Å²) >= 11 is 0. The third-order valence-electron chi connectivity index (χ3n) is 1.63. The van der Waals surface area contributed by atoms with E-state index in [2.05, 4.69) is 5.32 Å². The van der Waals surface area contributed by atoms with Gasteiger partial charge in [-0.3, -0.25) is 0 Å². The molecule has 0 aliphatic carbocycles. The zero-order valence-corrected chi connectivity index (χ0v) is 11.3. The molecule has 0 aliphatic heterocycles. The van der Waals surface area contributed by atoms with Crippen molar-refractivity contribution in [3.63, 3.8) is 0 Å². The van der Waals surface area contributed by atoms with E-state index in [9.17, 15) is 9.59 Å². The number of nitrogens with one attached hydrogen (secondary N) is 1. The summed E-state index contributed by atoms with van der Waals surface area (Å²) < 4.78 is 9.68. The van der Waals surface area contributed by atoms with Crippen LogP contribution in [0.25, 0.3) is 0 Å². The fourth-order valence-electron chi connectivity index (χ4n) is 0.962. The van der Waals surface area contributed by atoms with Crippen molar-refractivity contribution >= 4 is 24.5 Å². The van der Waals surface area contributed by atoms with Gasteiger partial charge in [0.05, 0.1) is 0 Å². The van der Waals surface area contributed by atoms with Gasteiger partial charge in [-0.1, -0.05) is 0 Å². The second-order valence-electron chi connectivity index (χ2n) is 4.28. The number of methoxy groups -OCH3 is 1. The number of hydrogen-bond acceptors (Lipinski definition) is 4. The molecule has 0 aromatic carbocycles. The van der Waals surface area contributed by atoms with Crippen molar-refractivity contribution in [3.05, 3.63) is 0 Å². The molecule has 0 aliphatic rings. The van der Waals surface area contributed by atoms with E-state index >= 15 is 0 Å². The highest BCUT2D eigenvalue weighted by Crippen LogP contribution is 2.06. The number of amides is 1. The molecule has 6 nitrogen and oxygen atoms in total. The molecule has 0 aromatic heterocycles. The largest absolute Gasteiger partial charge is 0.479 e. The van der Waals surface area contributed by atoms with Gasteiger partial charge in [-0.2, -0.15) is 0 Å². The summed E-state index contributed by atoms with van der Waals surface area (Å²) in [5.41, 5.74) is -0.558. The average molecular weight is 270 g/mol. The topological polar surface area (TPSA) is 84.9 Å². The molecule has 0 saturated carbocycles. The van der Waals surface area contributed by atoms with Crippen LogP contribution in [0.1, 0.15) is 27.2 Å². The van der Waals surface area contributed by atoms with Crippen molar-refractivity contribution in [2.75, 3.05) is 13.7 Å². The first-order valence-corrected chi connectivity index (χ1v) is 4.98. The predicted molar refractivity (Wildman–Crippen MR) is 64.5 cm³/mol. The smallest absolute Gasteiger partial charge is 0.407 e. The maximum absolute atomic E-state index is 11.2. The van der Waals surface area contributed by atoms with Gasteiger partial charge in [-0.15, -0.1) is 12.4 Å². The number of ether oxygens (including phenoxy) is 2. The van der Waals surface area contributed by atoms with Gasteiger partial charge in [0.15, 0.2) is 6.10 Å². The van der Waals surface area contributed by atoms with E-state index in [-0.39, 0.29) is 25.4 Å². The van der Waals surface area contributed by atoms with E-state index in [1.807, 2.05) is 0 Å². The van der Waals surface area contributed by atoms with Crippen molar-refractivity contribution in [1.82, 2.24) is 5.32 Å². The summed E-state index contributed by atoms with van der Waals surface area (Å²) in [4.78, 5) is 21.7. The molecule has 0 bridgehead atoms. The minimum absolute atomic E-state index is 0. The number of carboxylic acid groups (broad SMARTS) is 1. The van der Waals surface area contributed by atoms with Gasteiger partial charge in [-0.05, 0) is 20.8 Å². The van der Waals surface area contributed by atoms with Gasteiger partial charge in [0, 0.05) is 20.1 Å². The van der Waals surface area contributed by atoms with Gasteiger partial charge in [-0.25, -0.2) is 9.59 Å². The SMILES string of the molecule is COC(CCNC(=O)OC(C)(C)C)C(=O)O.Cl. The fraction of sp³-hybridized carbons (Fsp3) is 0.800. The molecule has 0 saturated heterocycles. The second kappa shape index (κ2) is 8.14. The van der Waals surface area contributed by atoms with Crippen LogP contribution in [0.4, 0.5) is 4.79 Å². The highest BCUT2D eigenvalue weighted by Gasteiger charge is 2.18. The number of rotatable bonds is 5. The Morgan fingerprint density at radius 1 is 1.35 bits per heavy atom. The standard InChI is InChI=1S/C10H19NO5.ClH/c1-10(2,3)16-9(14)11-6-5-7(15-4)8(12)13;/h7H,5-6H2,1-4H3,(H,11,14)(H,12,13);1H. The number of carbonyl (C=O) groups excluding carboxylic acids is 1. The van der Waals surface area contributed by atoms with Crippen molar-refractivity contribution in [1.29, 1.82) is 0 Å². The molecule has 7 heteroatoms. The highest BCUT2D eigenvalue weighted by molar-refractivity contribution is 5.85. The maximum Gasteiger partial charge on any atom is 0.407 e. The molecule has 17 heavy (non-hydrogen) atoms. The molecule has 0 radical (unpaired) electrons. The van der Waals surface area contributed by atoms with E-state index in [1.165, 1.54) is 7.11 Å². The van der Waals surface area contributed by atoms with Gasteiger partial charge in [0.2, 0.25) is 0 Å². The van der Waals surface area contributed by atoms with Crippen LogP contribution in [0, 0.1) is 0 Å². The van der Waals surface area contributed by atoms with Crippen molar-refractivity contribution in [3.8, 4) is 0 Å². The van der Waals surface area contributed by atoms with Gasteiger partial charge in [0.25, 0.3) is 0 Å². The molecule has 1 atom stereocenters. The lowest BCUT2D eigenvalue weighted by Gasteiger charge is -2.20. The Balaban J connectivity index is 0. The van der Waals surface area contributed by atoms with Crippen LogP contribution in [0.3, 0.4) is 0 Å². The first-order valence-electron chi connectivity index (χ1n) is 4.98. The molecular weight excluding hydrogens is 250 g/mol. The Hall–Kier alpha value is -1.01. The van der Waals surface area contributed by atoms with Crippen molar-refractivity contribution in [2.45, 2.75) is 38.9 Å². The van der Waals surface area contributed by atoms with Crippen molar-refractivity contribution < 1.29 is 24.2 Å². The molecular formula is C10H20ClNO5. The first kappa shape index (κ1) is 18.4. The van der Waals surface area contributed by atoms with Gasteiger partial charge in [0.1, 0.15) is 5.60 Å². The second-order valence-corrected chi connectivity index (χ2v) is 4.28. The summed E-state index contributed by atoms with van der Waals surface area (Å²) in [5, 5.41) is 11.1. The normalized spacial score (nSPS) is 12.2. The third kappa shape index (κ3) is 9.89. The molecule has 0 fully saturated rings. The molecule has 1 unspecified atom stereocenters. The van der Waals surface area contributed by atoms with E-state index < -0.39 is 23.8 Å². The minimum Gasteiger partial charge on any atom is -0.479 e. The summed E-state index contributed by atoms with van der Waals surface area (Å²) in [6.07, 6.45) is -1.27. The van der Waals surface area contributed by atoms with Crippen LogP contribution in [0.2, 0.25) is 0 Å². The van der Waals surface area contributed by atoms with Crippen LogP contribution in [-0.2, 0) is 14.3 Å². The maximum atomic E-state index is 11.2. The number of aliphatic carboxylic acids is 1. The van der Waals surface area contributed by atoms with Gasteiger partial charge < -0.3 is 19.9 Å². The van der Waals surface area contributed by atoms with Gasteiger partial charge >= 0.3 is 12.1 Å². The number of carboxylic acids is 1. The Bertz CT molecular complexity index is 252. The lowest BCUT2D eigenvalue weighted by atomic mass is 10.2.